The first-order chi connectivity index (χ1) is 11.0. The number of carbonyl (C=O) groups is 1. The number of hydrogen-bond acceptors (Lipinski definition) is 4. The molecule has 0 radical (unpaired) electrons. The maximum absolute atomic E-state index is 12.1. The molecule has 23 heavy (non-hydrogen) atoms. The van der Waals surface area contributed by atoms with E-state index in [2.05, 4.69) is 4.98 Å². The van der Waals surface area contributed by atoms with Crippen LogP contribution in [0.5, 0.6) is 11.5 Å². The van der Waals surface area contributed by atoms with Crippen LogP contribution in [0.15, 0.2) is 54.6 Å². The Hall–Kier alpha value is -2.85. The van der Waals surface area contributed by atoms with E-state index in [1.54, 1.807) is 6.08 Å². The molecule has 2 N–H and O–H groups in total. The van der Waals surface area contributed by atoms with Crippen LogP contribution in [0, 0.1) is 0 Å². The summed E-state index contributed by atoms with van der Waals surface area (Å²) in [5.74, 6) is -0.779. The first-order valence-electron chi connectivity index (χ1n) is 6.84. The van der Waals surface area contributed by atoms with Crippen molar-refractivity contribution < 1.29 is 15.0 Å². The Kier molecular flexibility index (Phi) is 4.00. The van der Waals surface area contributed by atoms with Crippen LogP contribution in [-0.4, -0.2) is 21.0 Å². The first kappa shape index (κ1) is 15.1. The van der Waals surface area contributed by atoms with Gasteiger partial charge in [0.05, 0.1) is 11.1 Å². The molecule has 0 fully saturated rings. The molecular formula is C18H12ClNO3. The zero-order valence-electron chi connectivity index (χ0n) is 11.9. The summed E-state index contributed by atoms with van der Waals surface area (Å²) in [5, 5.41) is 20.2. The lowest BCUT2D eigenvalue weighted by Gasteiger charge is -2.03. The van der Waals surface area contributed by atoms with Crippen LogP contribution in [0.4, 0.5) is 0 Å². The fourth-order valence-corrected chi connectivity index (χ4v) is 2.42. The molecule has 0 spiro atoms. The van der Waals surface area contributed by atoms with Gasteiger partial charge in [0.2, 0.25) is 0 Å². The van der Waals surface area contributed by atoms with Crippen LogP contribution in [-0.2, 0) is 0 Å². The second-order valence-corrected chi connectivity index (χ2v) is 5.32. The van der Waals surface area contributed by atoms with Gasteiger partial charge in [0.15, 0.2) is 5.78 Å². The zero-order chi connectivity index (χ0) is 16.4. The molecule has 0 aliphatic carbocycles. The molecule has 0 atom stereocenters. The van der Waals surface area contributed by atoms with E-state index in [1.165, 1.54) is 18.2 Å². The fraction of sp³-hybridized carbons (Fsp3) is 0. The van der Waals surface area contributed by atoms with Crippen molar-refractivity contribution in [3.05, 3.63) is 70.9 Å². The van der Waals surface area contributed by atoms with Crippen molar-refractivity contribution >= 4 is 34.4 Å². The molecule has 5 heteroatoms. The number of rotatable bonds is 3. The van der Waals surface area contributed by atoms with Gasteiger partial charge in [-0.15, -0.1) is 0 Å². The number of halogens is 1. The Morgan fingerprint density at radius 2 is 1.87 bits per heavy atom. The van der Waals surface area contributed by atoms with Gasteiger partial charge in [-0.3, -0.25) is 4.79 Å². The highest BCUT2D eigenvalue weighted by molar-refractivity contribution is 6.31. The fourth-order valence-electron chi connectivity index (χ4n) is 2.21. The molecule has 0 saturated carbocycles. The SMILES string of the molecule is O=C(/C=C/c1cc2ccccc2nc1Cl)c1ccc(O)cc1O. The quantitative estimate of drug-likeness (QED) is 0.430. The molecule has 114 valence electrons. The van der Waals surface area contributed by atoms with Crippen LogP contribution in [0.2, 0.25) is 5.15 Å². The van der Waals surface area contributed by atoms with Gasteiger partial charge >= 0.3 is 0 Å². The number of pyridine rings is 1. The number of allylic oxidation sites excluding steroid dienone is 1. The summed E-state index contributed by atoms with van der Waals surface area (Å²) in [6.45, 7) is 0. The Balaban J connectivity index is 1.93. The van der Waals surface area contributed by atoms with Crippen molar-refractivity contribution in [2.45, 2.75) is 0 Å². The highest BCUT2D eigenvalue weighted by Gasteiger charge is 2.09. The van der Waals surface area contributed by atoms with Crippen molar-refractivity contribution in [2.24, 2.45) is 0 Å². The number of carbonyl (C=O) groups excluding carboxylic acids is 1. The van der Waals surface area contributed by atoms with Crippen LogP contribution in [0.25, 0.3) is 17.0 Å². The van der Waals surface area contributed by atoms with Crippen LogP contribution >= 0.6 is 11.6 Å². The van der Waals surface area contributed by atoms with Crippen molar-refractivity contribution in [1.29, 1.82) is 0 Å². The lowest BCUT2D eigenvalue weighted by Crippen LogP contribution is -1.94. The lowest BCUT2D eigenvalue weighted by molar-refractivity contribution is 0.104. The van der Waals surface area contributed by atoms with Gasteiger partial charge in [-0.05, 0) is 36.4 Å². The van der Waals surface area contributed by atoms with Gasteiger partial charge in [0.1, 0.15) is 16.7 Å². The average molecular weight is 326 g/mol. The molecule has 1 heterocycles. The number of nitrogens with zero attached hydrogens (tertiary/aromatic N) is 1. The number of phenols is 2. The third kappa shape index (κ3) is 3.17. The summed E-state index contributed by atoms with van der Waals surface area (Å²) in [5.41, 5.74) is 1.48. The number of hydrogen-bond donors (Lipinski definition) is 2. The summed E-state index contributed by atoms with van der Waals surface area (Å²) < 4.78 is 0. The summed E-state index contributed by atoms with van der Waals surface area (Å²) in [4.78, 5) is 16.4. The number of fused-ring (bicyclic) bond motifs is 1. The van der Waals surface area contributed by atoms with Gasteiger partial charge < -0.3 is 10.2 Å². The van der Waals surface area contributed by atoms with Crippen molar-refractivity contribution in [3.8, 4) is 11.5 Å². The van der Waals surface area contributed by atoms with Gasteiger partial charge in [-0.1, -0.05) is 29.8 Å². The van der Waals surface area contributed by atoms with Crippen LogP contribution < -0.4 is 0 Å². The lowest BCUT2D eigenvalue weighted by atomic mass is 10.1. The maximum Gasteiger partial charge on any atom is 0.189 e. The summed E-state index contributed by atoms with van der Waals surface area (Å²) in [6.07, 6.45) is 2.86. The Morgan fingerprint density at radius 3 is 2.65 bits per heavy atom. The van der Waals surface area contributed by atoms with E-state index in [1.807, 2.05) is 30.3 Å². The maximum atomic E-state index is 12.1. The number of aromatic nitrogens is 1. The van der Waals surface area contributed by atoms with Crippen LogP contribution in [0.1, 0.15) is 15.9 Å². The number of aromatic hydroxyl groups is 2. The molecule has 3 rings (SSSR count). The monoisotopic (exact) mass is 325 g/mol. The summed E-state index contributed by atoms with van der Waals surface area (Å²) >= 11 is 6.13. The third-order valence-electron chi connectivity index (χ3n) is 3.37. The molecule has 0 bridgehead atoms. The van der Waals surface area contributed by atoms with E-state index in [0.717, 1.165) is 17.0 Å². The van der Waals surface area contributed by atoms with Gasteiger partial charge in [-0.2, -0.15) is 0 Å². The third-order valence-corrected chi connectivity index (χ3v) is 3.67. The molecule has 1 aromatic heterocycles. The van der Waals surface area contributed by atoms with E-state index < -0.39 is 5.78 Å². The molecule has 0 amide bonds. The van der Waals surface area contributed by atoms with Gasteiger partial charge in [0, 0.05) is 17.0 Å². The number of para-hydroxylation sites is 1. The summed E-state index contributed by atoms with van der Waals surface area (Å²) in [7, 11) is 0. The minimum absolute atomic E-state index is 0.101. The molecular weight excluding hydrogens is 314 g/mol. The number of ketones is 1. The molecule has 4 nitrogen and oxygen atoms in total. The first-order valence-corrected chi connectivity index (χ1v) is 7.22. The van der Waals surface area contributed by atoms with E-state index in [4.69, 9.17) is 11.6 Å². The molecule has 3 aromatic rings. The molecule has 2 aromatic carbocycles. The summed E-state index contributed by atoms with van der Waals surface area (Å²) in [6, 6.07) is 13.2. The number of benzene rings is 2. The number of phenolic OH excluding ortho intramolecular Hbond substituents is 2. The second kappa shape index (κ2) is 6.10. The van der Waals surface area contributed by atoms with Crippen molar-refractivity contribution in [2.75, 3.05) is 0 Å². The normalized spacial score (nSPS) is 11.2. The Bertz CT molecular complexity index is 935. The smallest absolute Gasteiger partial charge is 0.189 e. The van der Waals surface area contributed by atoms with E-state index in [9.17, 15) is 15.0 Å². The standard InChI is InChI=1S/C18H12ClNO3/c19-18-12(9-11-3-1-2-4-15(11)20-18)5-8-16(22)14-7-6-13(21)10-17(14)23/h1-10,21,23H/b8-5+. The Labute approximate surface area is 137 Å². The molecule has 0 aliphatic rings. The van der Waals surface area contributed by atoms with E-state index in [0.29, 0.717) is 10.7 Å². The molecule has 0 aliphatic heterocycles. The minimum Gasteiger partial charge on any atom is -0.508 e. The van der Waals surface area contributed by atoms with Gasteiger partial charge in [-0.25, -0.2) is 4.98 Å². The highest BCUT2D eigenvalue weighted by Crippen LogP contribution is 2.25. The molecule has 0 saturated heterocycles. The van der Waals surface area contributed by atoms with Gasteiger partial charge in [0.25, 0.3) is 0 Å². The van der Waals surface area contributed by atoms with E-state index in [-0.39, 0.29) is 17.1 Å². The zero-order valence-corrected chi connectivity index (χ0v) is 12.7. The minimum atomic E-state index is -0.397. The van der Waals surface area contributed by atoms with Crippen molar-refractivity contribution in [1.82, 2.24) is 4.98 Å². The van der Waals surface area contributed by atoms with Crippen LogP contribution in [0.3, 0.4) is 0 Å². The van der Waals surface area contributed by atoms with E-state index >= 15 is 0 Å². The Morgan fingerprint density at radius 1 is 1.09 bits per heavy atom. The predicted molar refractivity (Wildman–Crippen MR) is 89.9 cm³/mol. The topological polar surface area (TPSA) is 70.4 Å². The second-order valence-electron chi connectivity index (χ2n) is 4.96. The highest BCUT2D eigenvalue weighted by atomic mass is 35.5. The predicted octanol–water partition coefficient (Wildman–Crippen LogP) is 4.20. The van der Waals surface area contributed by atoms with Crippen molar-refractivity contribution in [3.63, 3.8) is 0 Å². The largest absolute Gasteiger partial charge is 0.508 e. The molecule has 0 unspecified atom stereocenters. The average Bonchev–Trinajstić information content (AvgIpc) is 2.52.